The lowest BCUT2D eigenvalue weighted by Crippen LogP contribution is -2.02. The van der Waals surface area contributed by atoms with Gasteiger partial charge in [-0.3, -0.25) is 4.79 Å². The van der Waals surface area contributed by atoms with Crippen LogP contribution in [0.2, 0.25) is 0 Å². The molecule has 0 atom stereocenters. The highest BCUT2D eigenvalue weighted by Crippen LogP contribution is 2.58. The molecule has 0 unspecified atom stereocenters. The van der Waals surface area contributed by atoms with Gasteiger partial charge in [-0.2, -0.15) is 0 Å². The predicted octanol–water partition coefficient (Wildman–Crippen LogP) is 8.00. The highest BCUT2D eigenvalue weighted by atomic mass is 16.1. The van der Waals surface area contributed by atoms with Gasteiger partial charge in [-0.25, -0.2) is 0 Å². The molecule has 0 bridgehead atoms. The Labute approximate surface area is 196 Å². The van der Waals surface area contributed by atoms with E-state index >= 15 is 0 Å². The first-order valence-electron chi connectivity index (χ1n) is 11.7. The van der Waals surface area contributed by atoms with Crippen LogP contribution in [0.3, 0.4) is 0 Å². The molecule has 34 heavy (non-hydrogen) atoms. The number of carbonyl (C=O) groups excluding carboxylic acids is 1. The first-order valence-corrected chi connectivity index (χ1v) is 11.7. The average Bonchev–Trinajstić information content (AvgIpc) is 3.37. The van der Waals surface area contributed by atoms with Gasteiger partial charge in [0.25, 0.3) is 0 Å². The maximum absolute atomic E-state index is 14.1. The third kappa shape index (κ3) is 2.12. The van der Waals surface area contributed by atoms with Crippen molar-refractivity contribution < 1.29 is 4.79 Å². The number of hydrogen-bond acceptors (Lipinski definition) is 1. The van der Waals surface area contributed by atoms with Crippen LogP contribution in [0.25, 0.3) is 54.6 Å². The Bertz CT molecular complexity index is 1890. The third-order valence-electron chi connectivity index (χ3n) is 7.50. The minimum absolute atomic E-state index is 0.117. The van der Waals surface area contributed by atoms with Crippen LogP contribution < -0.4 is 0 Å². The second kappa shape index (κ2) is 6.30. The number of benzene rings is 6. The van der Waals surface area contributed by atoms with Crippen molar-refractivity contribution in [2.75, 3.05) is 0 Å². The van der Waals surface area contributed by atoms with Gasteiger partial charge in [0, 0.05) is 22.3 Å². The standard InChI is InChI=1S/C33H18O/c34-33-28(19-8-3-1-4-9-19)31-24-17-16-22-15-14-21-12-7-13-23-18-25(30(24)27(22)26(21)23)32(31)29(33)20-10-5-2-6-11-20/h1-18H. The maximum atomic E-state index is 14.1. The normalized spacial score (nSPS) is 14.9. The van der Waals surface area contributed by atoms with Crippen molar-refractivity contribution in [3.8, 4) is 0 Å². The third-order valence-corrected chi connectivity index (χ3v) is 7.50. The molecule has 0 amide bonds. The Hall–Kier alpha value is -4.49. The zero-order valence-electron chi connectivity index (χ0n) is 18.3. The van der Waals surface area contributed by atoms with Crippen LogP contribution in [-0.2, 0) is 4.79 Å². The molecular formula is C33H18O. The SMILES string of the molecule is O=C1C(c2ccccc2)=C2C(=C1c1ccccc1)c1cc3cccc4ccc5ccc2c1c5c43. The highest BCUT2D eigenvalue weighted by molar-refractivity contribution is 6.61. The van der Waals surface area contributed by atoms with Gasteiger partial charge in [0.05, 0.1) is 0 Å². The molecular weight excluding hydrogens is 412 g/mol. The van der Waals surface area contributed by atoms with E-state index in [0.29, 0.717) is 0 Å². The lowest BCUT2D eigenvalue weighted by molar-refractivity contribution is -0.108. The average molecular weight is 431 g/mol. The lowest BCUT2D eigenvalue weighted by Gasteiger charge is -2.14. The number of hydrogen-bond donors (Lipinski definition) is 0. The zero-order valence-corrected chi connectivity index (χ0v) is 18.3. The van der Waals surface area contributed by atoms with Gasteiger partial charge in [0.1, 0.15) is 0 Å². The summed E-state index contributed by atoms with van der Waals surface area (Å²) in [6, 6.07) is 38.0. The van der Waals surface area contributed by atoms with Crippen molar-refractivity contribution in [2.24, 2.45) is 0 Å². The van der Waals surface area contributed by atoms with Gasteiger partial charge < -0.3 is 0 Å². The van der Waals surface area contributed by atoms with Crippen molar-refractivity contribution in [3.63, 3.8) is 0 Å². The van der Waals surface area contributed by atoms with E-state index in [1.807, 2.05) is 36.4 Å². The first-order chi connectivity index (χ1) is 16.8. The number of rotatable bonds is 2. The molecule has 8 rings (SSSR count). The molecule has 6 aromatic carbocycles. The molecule has 6 aromatic rings. The van der Waals surface area contributed by atoms with Gasteiger partial charge in [-0.05, 0) is 60.6 Å². The predicted molar refractivity (Wildman–Crippen MR) is 142 cm³/mol. The van der Waals surface area contributed by atoms with Gasteiger partial charge in [0.2, 0.25) is 0 Å². The summed E-state index contributed by atoms with van der Waals surface area (Å²) in [6.07, 6.45) is 0. The van der Waals surface area contributed by atoms with E-state index in [2.05, 4.69) is 72.8 Å². The molecule has 0 heterocycles. The molecule has 2 aliphatic rings. The minimum atomic E-state index is 0.117. The van der Waals surface area contributed by atoms with Crippen LogP contribution in [0.1, 0.15) is 22.3 Å². The Morgan fingerprint density at radius 3 is 1.62 bits per heavy atom. The number of Topliss-reactive ketones (excluding diaryl/α,β-unsaturated/α-hetero) is 1. The zero-order chi connectivity index (χ0) is 22.4. The van der Waals surface area contributed by atoms with E-state index in [1.54, 1.807) is 0 Å². The molecule has 1 nitrogen and oxygen atoms in total. The minimum Gasteiger partial charge on any atom is -0.289 e. The summed E-state index contributed by atoms with van der Waals surface area (Å²) >= 11 is 0. The molecule has 0 N–H and O–H groups in total. The van der Waals surface area contributed by atoms with Gasteiger partial charge in [-0.15, -0.1) is 0 Å². The molecule has 2 aliphatic carbocycles. The Balaban J connectivity index is 1.60. The molecule has 0 fully saturated rings. The van der Waals surface area contributed by atoms with Gasteiger partial charge in [-0.1, -0.05) is 103 Å². The van der Waals surface area contributed by atoms with E-state index in [-0.39, 0.29) is 5.78 Å². The summed E-state index contributed by atoms with van der Waals surface area (Å²) in [5, 5.41) is 7.64. The molecule has 0 spiro atoms. The first kappa shape index (κ1) is 18.0. The fourth-order valence-corrected chi connectivity index (χ4v) is 6.16. The van der Waals surface area contributed by atoms with Gasteiger partial charge in [0.15, 0.2) is 5.78 Å². The molecule has 0 aromatic heterocycles. The van der Waals surface area contributed by atoms with Crippen LogP contribution in [0.4, 0.5) is 0 Å². The second-order valence-electron chi connectivity index (χ2n) is 9.22. The van der Waals surface area contributed by atoms with E-state index in [1.165, 1.54) is 43.4 Å². The quantitative estimate of drug-likeness (QED) is 0.254. The van der Waals surface area contributed by atoms with E-state index in [9.17, 15) is 4.79 Å². The topological polar surface area (TPSA) is 17.1 Å². The van der Waals surface area contributed by atoms with E-state index in [4.69, 9.17) is 0 Å². The monoisotopic (exact) mass is 430 g/mol. The summed E-state index contributed by atoms with van der Waals surface area (Å²) in [5.74, 6) is 0.117. The molecule has 0 saturated carbocycles. The molecule has 0 aliphatic heterocycles. The summed E-state index contributed by atoms with van der Waals surface area (Å²) < 4.78 is 0. The number of carbonyl (C=O) groups is 1. The summed E-state index contributed by atoms with van der Waals surface area (Å²) in [6.45, 7) is 0. The van der Waals surface area contributed by atoms with Crippen molar-refractivity contribution in [1.82, 2.24) is 0 Å². The number of ketones is 1. The van der Waals surface area contributed by atoms with Crippen LogP contribution in [0, 0.1) is 0 Å². The molecule has 1 heteroatoms. The Kier molecular flexibility index (Phi) is 3.34. The van der Waals surface area contributed by atoms with E-state index < -0.39 is 0 Å². The van der Waals surface area contributed by atoms with Gasteiger partial charge >= 0.3 is 0 Å². The van der Waals surface area contributed by atoms with Crippen LogP contribution >= 0.6 is 0 Å². The summed E-state index contributed by atoms with van der Waals surface area (Å²) in [4.78, 5) is 14.1. The second-order valence-corrected chi connectivity index (χ2v) is 9.22. The number of fused-ring (bicyclic) bond motifs is 3. The largest absolute Gasteiger partial charge is 0.289 e. The van der Waals surface area contributed by atoms with Crippen molar-refractivity contribution in [1.29, 1.82) is 0 Å². The van der Waals surface area contributed by atoms with Crippen LogP contribution in [0.5, 0.6) is 0 Å². The van der Waals surface area contributed by atoms with E-state index in [0.717, 1.165) is 33.4 Å². The van der Waals surface area contributed by atoms with Crippen molar-refractivity contribution in [2.45, 2.75) is 0 Å². The Morgan fingerprint density at radius 2 is 0.941 bits per heavy atom. The smallest absolute Gasteiger partial charge is 0.195 e. The fourth-order valence-electron chi connectivity index (χ4n) is 6.16. The maximum Gasteiger partial charge on any atom is 0.195 e. The van der Waals surface area contributed by atoms with Crippen molar-refractivity contribution >= 4 is 60.4 Å². The summed E-state index contributed by atoms with van der Waals surface area (Å²) in [7, 11) is 0. The van der Waals surface area contributed by atoms with Crippen LogP contribution in [-0.4, -0.2) is 5.78 Å². The Morgan fingerprint density at radius 1 is 0.382 bits per heavy atom. The number of allylic oxidation sites excluding steroid dienone is 4. The molecule has 0 radical (unpaired) electrons. The fraction of sp³-hybridized carbons (Fsp3) is 0. The molecule has 156 valence electrons. The molecule has 0 saturated heterocycles. The lowest BCUT2D eigenvalue weighted by atomic mass is 9.89. The highest BCUT2D eigenvalue weighted by Gasteiger charge is 2.40. The van der Waals surface area contributed by atoms with Crippen LogP contribution in [0.15, 0.2) is 109 Å². The summed E-state index contributed by atoms with van der Waals surface area (Å²) in [5.41, 5.74) is 8.12. The van der Waals surface area contributed by atoms with Crippen molar-refractivity contribution in [3.05, 3.63) is 131 Å².